The Morgan fingerprint density at radius 1 is 1.26 bits per heavy atom. The molecule has 106 valence electrons. The van der Waals surface area contributed by atoms with Crippen LogP contribution < -0.4 is 10.6 Å². The molecule has 1 atom stereocenters. The van der Waals surface area contributed by atoms with Crippen LogP contribution in [0.1, 0.15) is 25.5 Å². The van der Waals surface area contributed by atoms with Gasteiger partial charge in [0, 0.05) is 6.26 Å². The summed E-state index contributed by atoms with van der Waals surface area (Å²) in [5.74, 6) is -0.0819. The molecular weight excluding hydrogens is 264 g/mol. The summed E-state index contributed by atoms with van der Waals surface area (Å²) in [5, 5.41) is 5.78. The summed E-state index contributed by atoms with van der Waals surface area (Å²) in [5.41, 5.74) is 0.872. The van der Waals surface area contributed by atoms with Gasteiger partial charge in [0.25, 0.3) is 0 Å². The topological polar surface area (TPSA) is 75.3 Å². The Kier molecular flexibility index (Phi) is 5.50. The molecule has 0 aliphatic heterocycles. The molecule has 0 aromatic heterocycles. The van der Waals surface area contributed by atoms with Crippen molar-refractivity contribution in [2.75, 3.05) is 19.3 Å². The third kappa shape index (κ3) is 5.00. The molecule has 0 saturated heterocycles. The molecule has 1 rings (SSSR count). The van der Waals surface area contributed by atoms with Crippen molar-refractivity contribution in [3.05, 3.63) is 29.8 Å². The highest BCUT2D eigenvalue weighted by atomic mass is 32.2. The van der Waals surface area contributed by atoms with Gasteiger partial charge in [-0.15, -0.1) is 0 Å². The summed E-state index contributed by atoms with van der Waals surface area (Å²) < 4.78 is 22.7. The first-order valence-corrected chi connectivity index (χ1v) is 8.04. The van der Waals surface area contributed by atoms with Gasteiger partial charge in [0.05, 0.1) is 17.5 Å². The lowest BCUT2D eigenvalue weighted by Gasteiger charge is -2.14. The highest BCUT2D eigenvalue weighted by Crippen LogP contribution is 2.15. The first-order chi connectivity index (χ1) is 8.84. The standard InChI is InChI=1S/C13H20N2O3S/c1-4-14-9-13(16)15-10(2)11-5-7-12(8-6-11)19(3,17)18/h5-8,10,14H,4,9H2,1-3H3,(H,15,16). The summed E-state index contributed by atoms with van der Waals surface area (Å²) >= 11 is 0. The molecule has 19 heavy (non-hydrogen) atoms. The Labute approximate surface area is 114 Å². The zero-order chi connectivity index (χ0) is 14.5. The Bertz CT molecular complexity index is 523. The zero-order valence-electron chi connectivity index (χ0n) is 11.4. The lowest BCUT2D eigenvalue weighted by molar-refractivity contribution is -0.120. The number of carbonyl (C=O) groups excluding carboxylic acids is 1. The summed E-state index contributed by atoms with van der Waals surface area (Å²) in [6.45, 7) is 4.81. The van der Waals surface area contributed by atoms with Crippen LogP contribution in [0.5, 0.6) is 0 Å². The number of nitrogens with one attached hydrogen (secondary N) is 2. The van der Waals surface area contributed by atoms with Gasteiger partial charge in [-0.3, -0.25) is 4.79 Å². The summed E-state index contributed by atoms with van der Waals surface area (Å²) in [6, 6.07) is 6.39. The van der Waals surface area contributed by atoms with E-state index in [0.717, 1.165) is 12.1 Å². The van der Waals surface area contributed by atoms with E-state index in [9.17, 15) is 13.2 Å². The van der Waals surface area contributed by atoms with Gasteiger partial charge in [-0.1, -0.05) is 19.1 Å². The Hall–Kier alpha value is -1.40. The van der Waals surface area contributed by atoms with Crippen LogP contribution >= 0.6 is 0 Å². The molecule has 0 saturated carbocycles. The fourth-order valence-corrected chi connectivity index (χ4v) is 2.25. The second kappa shape index (κ2) is 6.68. The molecule has 1 amide bonds. The van der Waals surface area contributed by atoms with Crippen LogP contribution in [0.2, 0.25) is 0 Å². The highest BCUT2D eigenvalue weighted by Gasteiger charge is 2.11. The van der Waals surface area contributed by atoms with E-state index < -0.39 is 9.84 Å². The molecule has 0 radical (unpaired) electrons. The van der Waals surface area contributed by atoms with Crippen LogP contribution in [-0.4, -0.2) is 33.7 Å². The van der Waals surface area contributed by atoms with Crippen LogP contribution in [-0.2, 0) is 14.6 Å². The van der Waals surface area contributed by atoms with E-state index in [4.69, 9.17) is 0 Å². The van der Waals surface area contributed by atoms with Crippen molar-refractivity contribution in [3.8, 4) is 0 Å². The number of rotatable bonds is 6. The van der Waals surface area contributed by atoms with Gasteiger partial charge < -0.3 is 10.6 Å². The van der Waals surface area contributed by atoms with Crippen LogP contribution in [0.4, 0.5) is 0 Å². The Balaban J connectivity index is 2.68. The van der Waals surface area contributed by atoms with Crippen LogP contribution in [0.15, 0.2) is 29.2 Å². The molecule has 1 unspecified atom stereocenters. The van der Waals surface area contributed by atoms with Crippen molar-refractivity contribution in [2.45, 2.75) is 24.8 Å². The number of amides is 1. The quantitative estimate of drug-likeness (QED) is 0.813. The minimum atomic E-state index is -3.18. The molecule has 0 bridgehead atoms. The molecule has 0 spiro atoms. The zero-order valence-corrected chi connectivity index (χ0v) is 12.3. The monoisotopic (exact) mass is 284 g/mol. The fourth-order valence-electron chi connectivity index (χ4n) is 1.62. The lowest BCUT2D eigenvalue weighted by atomic mass is 10.1. The van der Waals surface area contributed by atoms with E-state index >= 15 is 0 Å². The first kappa shape index (κ1) is 15.7. The second-order valence-corrected chi connectivity index (χ2v) is 6.43. The van der Waals surface area contributed by atoms with Crippen molar-refractivity contribution in [2.24, 2.45) is 0 Å². The molecule has 1 aromatic carbocycles. The molecular formula is C13H20N2O3S. The van der Waals surface area contributed by atoms with E-state index in [2.05, 4.69) is 10.6 Å². The maximum absolute atomic E-state index is 11.5. The van der Waals surface area contributed by atoms with Crippen molar-refractivity contribution in [1.29, 1.82) is 0 Å². The minimum absolute atomic E-state index is 0.0819. The smallest absolute Gasteiger partial charge is 0.234 e. The number of carbonyl (C=O) groups is 1. The lowest BCUT2D eigenvalue weighted by Crippen LogP contribution is -2.35. The molecule has 2 N–H and O–H groups in total. The van der Waals surface area contributed by atoms with Gasteiger partial charge in [-0.05, 0) is 31.2 Å². The largest absolute Gasteiger partial charge is 0.348 e. The molecule has 5 nitrogen and oxygen atoms in total. The molecule has 0 aliphatic rings. The van der Waals surface area contributed by atoms with Crippen molar-refractivity contribution < 1.29 is 13.2 Å². The number of sulfone groups is 1. The SMILES string of the molecule is CCNCC(=O)NC(C)c1ccc(S(C)(=O)=O)cc1. The van der Waals surface area contributed by atoms with Crippen molar-refractivity contribution in [1.82, 2.24) is 10.6 Å². The van der Waals surface area contributed by atoms with Gasteiger partial charge >= 0.3 is 0 Å². The molecule has 1 aromatic rings. The second-order valence-electron chi connectivity index (χ2n) is 4.41. The average Bonchev–Trinajstić information content (AvgIpc) is 2.35. The number of hydrogen-bond donors (Lipinski definition) is 2. The summed E-state index contributed by atoms with van der Waals surface area (Å²) in [4.78, 5) is 11.8. The Morgan fingerprint density at radius 3 is 2.32 bits per heavy atom. The van der Waals surface area contributed by atoms with Gasteiger partial charge in [-0.25, -0.2) is 8.42 Å². The third-order valence-electron chi connectivity index (χ3n) is 2.72. The first-order valence-electron chi connectivity index (χ1n) is 6.14. The summed E-state index contributed by atoms with van der Waals surface area (Å²) in [7, 11) is -3.18. The fraction of sp³-hybridized carbons (Fsp3) is 0.462. The van der Waals surface area contributed by atoms with Crippen molar-refractivity contribution >= 4 is 15.7 Å². The van der Waals surface area contributed by atoms with Crippen LogP contribution in [0.3, 0.4) is 0 Å². The van der Waals surface area contributed by atoms with Gasteiger partial charge in [0.1, 0.15) is 0 Å². The Morgan fingerprint density at radius 2 is 1.84 bits per heavy atom. The van der Waals surface area contributed by atoms with E-state index in [1.807, 2.05) is 13.8 Å². The van der Waals surface area contributed by atoms with Crippen LogP contribution in [0.25, 0.3) is 0 Å². The summed E-state index contributed by atoms with van der Waals surface area (Å²) in [6.07, 6.45) is 1.17. The van der Waals surface area contributed by atoms with Gasteiger partial charge in [-0.2, -0.15) is 0 Å². The normalized spacial score (nSPS) is 13.0. The van der Waals surface area contributed by atoms with Crippen molar-refractivity contribution in [3.63, 3.8) is 0 Å². The van der Waals surface area contributed by atoms with E-state index in [-0.39, 0.29) is 23.4 Å². The predicted octanol–water partition coefficient (Wildman–Crippen LogP) is 0.877. The number of benzene rings is 1. The minimum Gasteiger partial charge on any atom is -0.348 e. The van der Waals surface area contributed by atoms with Gasteiger partial charge in [0.2, 0.25) is 5.91 Å². The maximum Gasteiger partial charge on any atom is 0.234 e. The number of hydrogen-bond acceptors (Lipinski definition) is 4. The molecule has 0 fully saturated rings. The van der Waals surface area contributed by atoms with E-state index in [1.165, 1.54) is 6.26 Å². The predicted molar refractivity (Wildman–Crippen MR) is 74.7 cm³/mol. The van der Waals surface area contributed by atoms with Crippen LogP contribution in [0, 0.1) is 0 Å². The van der Waals surface area contributed by atoms with E-state index in [1.54, 1.807) is 24.3 Å². The van der Waals surface area contributed by atoms with E-state index in [0.29, 0.717) is 0 Å². The molecule has 6 heteroatoms. The highest BCUT2D eigenvalue weighted by molar-refractivity contribution is 7.90. The average molecular weight is 284 g/mol. The maximum atomic E-state index is 11.5. The third-order valence-corrected chi connectivity index (χ3v) is 3.85. The van der Waals surface area contributed by atoms with Gasteiger partial charge in [0.15, 0.2) is 9.84 Å². The molecule has 0 aliphatic carbocycles. The number of likely N-dealkylation sites (N-methyl/N-ethyl adjacent to an activating group) is 1. The molecule has 0 heterocycles.